The van der Waals surface area contributed by atoms with Crippen LogP contribution in [0.3, 0.4) is 0 Å². The number of nitrogens with one attached hydrogen (secondary N) is 1. The molecular weight excluding hydrogens is 307 g/mol. The molecule has 3 nitrogen and oxygen atoms in total. The molecule has 0 atom stereocenters. The molecule has 0 unspecified atom stereocenters. The van der Waals surface area contributed by atoms with E-state index in [0.717, 1.165) is 5.56 Å². The van der Waals surface area contributed by atoms with E-state index in [1.807, 2.05) is 0 Å². The van der Waals surface area contributed by atoms with Crippen LogP contribution in [0.1, 0.15) is 18.4 Å². The Hall–Kier alpha value is -0.980. The Morgan fingerprint density at radius 3 is 2.67 bits per heavy atom. The highest BCUT2D eigenvalue weighted by Crippen LogP contribution is 2.27. The fourth-order valence-corrected chi connectivity index (χ4v) is 1.92. The third-order valence-corrected chi connectivity index (χ3v) is 3.08. The molecule has 0 heterocycles. The maximum atomic E-state index is 12.1. The second kappa shape index (κ2) is 9.12. The van der Waals surface area contributed by atoms with E-state index in [1.54, 1.807) is 25.3 Å². The van der Waals surface area contributed by atoms with E-state index in [-0.39, 0.29) is 13.0 Å². The van der Waals surface area contributed by atoms with Gasteiger partial charge in [-0.2, -0.15) is 13.2 Å². The quantitative estimate of drug-likeness (QED) is 0.701. The fraction of sp³-hybridized carbons (Fsp3) is 0.571. The standard InChI is InChI=1S/C14H19ClF3NO2/c1-20-9-7-19-10-11-12(15)4-2-5-13(11)21-8-3-6-14(16,17)18/h2,4-5,19H,3,6-10H2,1H3. The van der Waals surface area contributed by atoms with E-state index in [9.17, 15) is 13.2 Å². The molecule has 0 saturated heterocycles. The maximum absolute atomic E-state index is 12.1. The van der Waals surface area contributed by atoms with Crippen LogP contribution < -0.4 is 10.1 Å². The summed E-state index contributed by atoms with van der Waals surface area (Å²) in [5.41, 5.74) is 0.738. The molecule has 0 aliphatic carbocycles. The average Bonchev–Trinajstić information content (AvgIpc) is 2.41. The molecule has 1 aromatic rings. The first-order chi connectivity index (χ1) is 9.94. The van der Waals surface area contributed by atoms with Gasteiger partial charge in [-0.1, -0.05) is 17.7 Å². The third kappa shape index (κ3) is 7.55. The van der Waals surface area contributed by atoms with Crippen LogP contribution in [0.25, 0.3) is 0 Å². The molecule has 1 rings (SSSR count). The van der Waals surface area contributed by atoms with Gasteiger partial charge < -0.3 is 14.8 Å². The molecule has 0 fully saturated rings. The molecule has 120 valence electrons. The fourth-order valence-electron chi connectivity index (χ4n) is 1.69. The van der Waals surface area contributed by atoms with Gasteiger partial charge in [-0.15, -0.1) is 0 Å². The molecule has 0 amide bonds. The van der Waals surface area contributed by atoms with Gasteiger partial charge >= 0.3 is 6.18 Å². The number of benzene rings is 1. The Balaban J connectivity index is 2.50. The third-order valence-electron chi connectivity index (χ3n) is 2.72. The summed E-state index contributed by atoms with van der Waals surface area (Å²) in [6.45, 7) is 1.68. The Labute approximate surface area is 127 Å². The van der Waals surface area contributed by atoms with E-state index in [1.165, 1.54) is 0 Å². The molecule has 0 aliphatic heterocycles. The molecule has 0 spiro atoms. The van der Waals surface area contributed by atoms with Crippen LogP contribution in [0, 0.1) is 0 Å². The van der Waals surface area contributed by atoms with Gasteiger partial charge in [0.15, 0.2) is 0 Å². The van der Waals surface area contributed by atoms with Crippen LogP contribution >= 0.6 is 11.6 Å². The summed E-state index contributed by atoms with van der Waals surface area (Å²) in [5.74, 6) is 0.509. The second-order valence-electron chi connectivity index (χ2n) is 4.45. The highest BCUT2D eigenvalue weighted by atomic mass is 35.5. The number of hydrogen-bond acceptors (Lipinski definition) is 3. The first kappa shape index (κ1) is 18.1. The number of methoxy groups -OCH3 is 1. The summed E-state index contributed by atoms with van der Waals surface area (Å²) >= 11 is 6.10. The summed E-state index contributed by atoms with van der Waals surface area (Å²) in [7, 11) is 1.60. The van der Waals surface area contributed by atoms with Gasteiger partial charge in [0.05, 0.1) is 13.2 Å². The Kier molecular flexibility index (Phi) is 7.85. The summed E-state index contributed by atoms with van der Waals surface area (Å²) < 4.78 is 46.5. The average molecular weight is 326 g/mol. The summed E-state index contributed by atoms with van der Waals surface area (Å²) in [5, 5.41) is 3.65. The van der Waals surface area contributed by atoms with E-state index in [2.05, 4.69) is 5.32 Å². The van der Waals surface area contributed by atoms with E-state index in [4.69, 9.17) is 21.1 Å². The highest BCUT2D eigenvalue weighted by molar-refractivity contribution is 6.31. The minimum absolute atomic E-state index is 0.00488. The van der Waals surface area contributed by atoms with Crippen molar-refractivity contribution in [3.8, 4) is 5.75 Å². The van der Waals surface area contributed by atoms with Gasteiger partial charge in [0.1, 0.15) is 5.75 Å². The van der Waals surface area contributed by atoms with Gasteiger partial charge in [-0.3, -0.25) is 0 Å². The first-order valence-electron chi connectivity index (χ1n) is 6.60. The van der Waals surface area contributed by atoms with Crippen molar-refractivity contribution in [2.24, 2.45) is 0 Å². The minimum atomic E-state index is -4.15. The lowest BCUT2D eigenvalue weighted by atomic mass is 10.2. The molecule has 0 bridgehead atoms. The van der Waals surface area contributed by atoms with Crippen LogP contribution in [-0.2, 0) is 11.3 Å². The minimum Gasteiger partial charge on any atom is -0.493 e. The largest absolute Gasteiger partial charge is 0.493 e. The van der Waals surface area contributed by atoms with Crippen molar-refractivity contribution in [2.75, 3.05) is 26.9 Å². The smallest absolute Gasteiger partial charge is 0.389 e. The normalized spacial score (nSPS) is 11.7. The van der Waals surface area contributed by atoms with E-state index >= 15 is 0 Å². The molecular formula is C14H19ClF3NO2. The van der Waals surface area contributed by atoms with Crippen LogP contribution in [0.15, 0.2) is 18.2 Å². The van der Waals surface area contributed by atoms with Crippen LogP contribution in [0.2, 0.25) is 5.02 Å². The molecule has 0 saturated carbocycles. The lowest BCUT2D eigenvalue weighted by Crippen LogP contribution is -2.19. The number of hydrogen-bond donors (Lipinski definition) is 1. The Morgan fingerprint density at radius 2 is 2.00 bits per heavy atom. The van der Waals surface area contributed by atoms with Crippen LogP contribution in [0.4, 0.5) is 13.2 Å². The van der Waals surface area contributed by atoms with Crippen molar-refractivity contribution in [1.29, 1.82) is 0 Å². The van der Waals surface area contributed by atoms with Gasteiger partial charge in [0.25, 0.3) is 0 Å². The van der Waals surface area contributed by atoms with Crippen LogP contribution in [-0.4, -0.2) is 33.0 Å². The molecule has 0 aliphatic rings. The highest BCUT2D eigenvalue weighted by Gasteiger charge is 2.26. The van der Waals surface area contributed by atoms with Gasteiger partial charge in [-0.25, -0.2) is 0 Å². The van der Waals surface area contributed by atoms with Crippen LogP contribution in [0.5, 0.6) is 5.75 Å². The van der Waals surface area contributed by atoms with Crippen molar-refractivity contribution >= 4 is 11.6 Å². The van der Waals surface area contributed by atoms with Crippen molar-refractivity contribution in [3.63, 3.8) is 0 Å². The topological polar surface area (TPSA) is 30.5 Å². The van der Waals surface area contributed by atoms with Crippen molar-refractivity contribution < 1.29 is 22.6 Å². The molecule has 1 N–H and O–H groups in total. The van der Waals surface area contributed by atoms with Gasteiger partial charge in [0, 0.05) is 37.2 Å². The lowest BCUT2D eigenvalue weighted by molar-refractivity contribution is -0.136. The Morgan fingerprint density at radius 1 is 1.24 bits per heavy atom. The SMILES string of the molecule is COCCNCc1c(Cl)cccc1OCCCC(F)(F)F. The zero-order chi connectivity index (χ0) is 15.7. The van der Waals surface area contributed by atoms with Gasteiger partial charge in [-0.05, 0) is 18.6 Å². The molecule has 0 aromatic heterocycles. The number of halogens is 4. The zero-order valence-electron chi connectivity index (χ0n) is 11.8. The number of rotatable bonds is 9. The van der Waals surface area contributed by atoms with Gasteiger partial charge in [0.2, 0.25) is 0 Å². The second-order valence-corrected chi connectivity index (χ2v) is 4.86. The molecule has 1 aromatic carbocycles. The zero-order valence-corrected chi connectivity index (χ0v) is 12.6. The predicted octanol–water partition coefficient (Wildman–Crippen LogP) is 3.80. The number of ether oxygens (including phenoxy) is 2. The summed E-state index contributed by atoms with van der Waals surface area (Å²) in [4.78, 5) is 0. The number of alkyl halides is 3. The van der Waals surface area contributed by atoms with Crippen molar-refractivity contribution in [3.05, 3.63) is 28.8 Å². The monoisotopic (exact) mass is 325 g/mol. The molecule has 0 radical (unpaired) electrons. The maximum Gasteiger partial charge on any atom is 0.389 e. The summed E-state index contributed by atoms with van der Waals surface area (Å²) in [6, 6.07) is 5.13. The lowest BCUT2D eigenvalue weighted by Gasteiger charge is -2.14. The summed E-state index contributed by atoms with van der Waals surface area (Å²) in [6.07, 6.45) is -5.08. The van der Waals surface area contributed by atoms with E-state index < -0.39 is 12.6 Å². The first-order valence-corrected chi connectivity index (χ1v) is 6.98. The van der Waals surface area contributed by atoms with Crippen molar-refractivity contribution in [2.45, 2.75) is 25.6 Å². The predicted molar refractivity (Wildman–Crippen MR) is 75.8 cm³/mol. The molecule has 21 heavy (non-hydrogen) atoms. The molecule has 7 heteroatoms. The van der Waals surface area contributed by atoms with Crippen molar-refractivity contribution in [1.82, 2.24) is 5.32 Å². The Bertz CT molecular complexity index is 427. The van der Waals surface area contributed by atoms with E-state index in [0.29, 0.717) is 30.5 Å².